The summed E-state index contributed by atoms with van der Waals surface area (Å²) in [5.41, 5.74) is 1.84. The van der Waals surface area contributed by atoms with Crippen LogP contribution >= 0.6 is 0 Å². The van der Waals surface area contributed by atoms with Crippen molar-refractivity contribution in [1.82, 2.24) is 10.7 Å². The fraction of sp³-hybridized carbons (Fsp3) is 0. The number of hydrogen-bond acceptors (Lipinski definition) is 2. The zero-order valence-corrected chi connectivity index (χ0v) is 3.77. The number of amides is 2. The minimum Gasteiger partial charge on any atom is -0.314 e. The number of urea groups is 1. The number of nitrogens with two attached hydrogens (primary N) is 1. The smallest absolute Gasteiger partial charge is 0.314 e. The average Bonchev–Trinajstić information content (AvgIpc) is 1.68. The Morgan fingerprint density at radius 2 is 2.43 bits per heavy atom. The molecule has 7 heavy (non-hydrogen) atoms. The van der Waals surface area contributed by atoms with Gasteiger partial charge in [-0.2, -0.15) is 0 Å². The Kier molecular flexibility index (Phi) is 2.70. The van der Waals surface area contributed by atoms with E-state index in [4.69, 9.17) is 0 Å². The lowest BCUT2D eigenvalue weighted by Gasteiger charge is -1.92. The minimum absolute atomic E-state index is 0.463. The van der Waals surface area contributed by atoms with Gasteiger partial charge in [-0.05, 0) is 6.20 Å². The van der Waals surface area contributed by atoms with Crippen molar-refractivity contribution in [1.29, 1.82) is 0 Å². The molecule has 0 aromatic heterocycles. The molecule has 0 aromatic rings. The van der Waals surface area contributed by atoms with Gasteiger partial charge in [0.2, 0.25) is 0 Å². The van der Waals surface area contributed by atoms with E-state index in [1.807, 2.05) is 5.43 Å². The van der Waals surface area contributed by atoms with Crippen LogP contribution in [-0.4, -0.2) is 6.03 Å². The van der Waals surface area contributed by atoms with Crippen LogP contribution in [0.25, 0.3) is 0 Å². The predicted octanol–water partition coefficient (Wildman–Crippen LogP) is -0.697. The largest absolute Gasteiger partial charge is 0.332 e. The molecule has 0 atom stereocenters. The molecule has 0 saturated heterocycles. The summed E-state index contributed by atoms with van der Waals surface area (Å²) in [7, 11) is 0. The molecule has 0 aromatic carbocycles. The summed E-state index contributed by atoms with van der Waals surface area (Å²) in [6.07, 6.45) is 1.24. The molecule has 4 N–H and O–H groups in total. The molecule has 0 fully saturated rings. The molecule has 4 nitrogen and oxygen atoms in total. The number of carbonyl (C=O) groups is 1. The molecule has 2 amide bonds. The minimum atomic E-state index is -0.463. The molecule has 40 valence electrons. The number of hydrogen-bond donors (Lipinski definition) is 3. The Hall–Kier alpha value is -1.03. The third kappa shape index (κ3) is 2.78. The lowest BCUT2D eigenvalue weighted by Crippen LogP contribution is -2.36. The van der Waals surface area contributed by atoms with Crippen molar-refractivity contribution >= 4 is 6.03 Å². The van der Waals surface area contributed by atoms with E-state index in [2.05, 4.69) is 17.7 Å². The summed E-state index contributed by atoms with van der Waals surface area (Å²) < 4.78 is 0. The second-order valence-corrected chi connectivity index (χ2v) is 0.822. The molecule has 0 aliphatic rings. The molecular formula is C3H7N3O. The molecule has 0 saturated carbocycles. The van der Waals surface area contributed by atoms with Gasteiger partial charge in [-0.15, -0.1) is 0 Å². The van der Waals surface area contributed by atoms with Crippen molar-refractivity contribution in [3.63, 3.8) is 0 Å². The summed E-state index contributed by atoms with van der Waals surface area (Å²) in [5.74, 6) is 4.65. The van der Waals surface area contributed by atoms with Gasteiger partial charge < -0.3 is 5.32 Å². The standard InChI is InChI=1S/C3H7N3O/c1-2-5-3(7)6-4/h2H,1,4H2,(H2,5,6,7). The van der Waals surface area contributed by atoms with Gasteiger partial charge in [0.05, 0.1) is 0 Å². The second kappa shape index (κ2) is 3.17. The van der Waals surface area contributed by atoms with Crippen LogP contribution in [0.1, 0.15) is 0 Å². The van der Waals surface area contributed by atoms with Crippen LogP contribution in [0.4, 0.5) is 4.79 Å². The lowest BCUT2D eigenvalue weighted by molar-refractivity contribution is 0.244. The molecule has 0 aliphatic heterocycles. The first-order valence-electron chi connectivity index (χ1n) is 1.69. The Bertz CT molecular complexity index is 80.2. The highest BCUT2D eigenvalue weighted by Gasteiger charge is 1.84. The lowest BCUT2D eigenvalue weighted by atomic mass is 10.9. The van der Waals surface area contributed by atoms with Crippen LogP contribution < -0.4 is 16.6 Å². The Labute approximate surface area is 41.4 Å². The summed E-state index contributed by atoms with van der Waals surface area (Å²) in [4.78, 5) is 9.99. The monoisotopic (exact) mass is 101 g/mol. The maximum absolute atomic E-state index is 9.99. The summed E-state index contributed by atoms with van der Waals surface area (Å²) >= 11 is 0. The molecule has 0 aliphatic carbocycles. The molecule has 0 rings (SSSR count). The number of rotatable bonds is 1. The third-order valence-corrected chi connectivity index (χ3v) is 0.364. The van der Waals surface area contributed by atoms with E-state index in [1.165, 1.54) is 6.20 Å². The Balaban J connectivity index is 3.17. The highest BCUT2D eigenvalue weighted by molar-refractivity contribution is 5.73. The normalized spacial score (nSPS) is 7.00. The zero-order chi connectivity index (χ0) is 5.70. The van der Waals surface area contributed by atoms with E-state index in [-0.39, 0.29) is 0 Å². The Morgan fingerprint density at radius 1 is 1.86 bits per heavy atom. The maximum Gasteiger partial charge on any atom is 0.332 e. The first-order chi connectivity index (χ1) is 3.31. The van der Waals surface area contributed by atoms with Crippen LogP contribution in [0.5, 0.6) is 0 Å². The van der Waals surface area contributed by atoms with Crippen molar-refractivity contribution in [3.05, 3.63) is 12.8 Å². The molecule has 0 unspecified atom stereocenters. The van der Waals surface area contributed by atoms with Crippen molar-refractivity contribution in [2.24, 2.45) is 5.84 Å². The van der Waals surface area contributed by atoms with Gasteiger partial charge in [-0.25, -0.2) is 10.6 Å². The van der Waals surface area contributed by atoms with E-state index >= 15 is 0 Å². The van der Waals surface area contributed by atoms with Crippen LogP contribution in [0.2, 0.25) is 0 Å². The zero-order valence-electron chi connectivity index (χ0n) is 3.77. The molecule has 0 spiro atoms. The van der Waals surface area contributed by atoms with E-state index in [0.29, 0.717) is 0 Å². The van der Waals surface area contributed by atoms with Gasteiger partial charge in [0.1, 0.15) is 0 Å². The number of carbonyl (C=O) groups excluding carboxylic acids is 1. The van der Waals surface area contributed by atoms with Crippen molar-refractivity contribution < 1.29 is 4.79 Å². The molecule has 0 radical (unpaired) electrons. The fourth-order valence-electron chi connectivity index (χ4n) is 0.134. The topological polar surface area (TPSA) is 67.2 Å². The van der Waals surface area contributed by atoms with Gasteiger partial charge in [0.25, 0.3) is 0 Å². The van der Waals surface area contributed by atoms with Crippen LogP contribution in [-0.2, 0) is 0 Å². The van der Waals surface area contributed by atoms with Crippen molar-refractivity contribution in [2.45, 2.75) is 0 Å². The molecule has 4 heteroatoms. The predicted molar refractivity (Wildman–Crippen MR) is 26.1 cm³/mol. The fourth-order valence-corrected chi connectivity index (χ4v) is 0.134. The summed E-state index contributed by atoms with van der Waals surface area (Å²) in [6, 6.07) is -0.463. The third-order valence-electron chi connectivity index (χ3n) is 0.364. The van der Waals surface area contributed by atoms with Gasteiger partial charge in [-0.1, -0.05) is 6.58 Å². The van der Waals surface area contributed by atoms with E-state index < -0.39 is 6.03 Å². The van der Waals surface area contributed by atoms with E-state index in [0.717, 1.165) is 0 Å². The maximum atomic E-state index is 9.99. The van der Waals surface area contributed by atoms with Gasteiger partial charge >= 0.3 is 6.03 Å². The molecule has 0 bridgehead atoms. The summed E-state index contributed by atoms with van der Waals surface area (Å²) in [5, 5.41) is 2.18. The first-order valence-corrected chi connectivity index (χ1v) is 1.69. The van der Waals surface area contributed by atoms with Crippen LogP contribution in [0.3, 0.4) is 0 Å². The second-order valence-electron chi connectivity index (χ2n) is 0.822. The Morgan fingerprint density at radius 3 is 2.57 bits per heavy atom. The van der Waals surface area contributed by atoms with Gasteiger partial charge in [-0.3, -0.25) is 5.43 Å². The molecular weight excluding hydrogens is 94.1 g/mol. The number of hydrazine groups is 1. The highest BCUT2D eigenvalue weighted by Crippen LogP contribution is 1.54. The van der Waals surface area contributed by atoms with Crippen molar-refractivity contribution in [2.75, 3.05) is 0 Å². The summed E-state index contributed by atoms with van der Waals surface area (Å²) in [6.45, 7) is 3.22. The van der Waals surface area contributed by atoms with E-state index in [9.17, 15) is 4.79 Å². The highest BCUT2D eigenvalue weighted by atomic mass is 16.2. The first kappa shape index (κ1) is 5.97. The van der Waals surface area contributed by atoms with Crippen molar-refractivity contribution in [3.8, 4) is 0 Å². The van der Waals surface area contributed by atoms with Gasteiger partial charge in [0, 0.05) is 0 Å². The van der Waals surface area contributed by atoms with E-state index in [1.54, 1.807) is 0 Å². The average molecular weight is 101 g/mol. The van der Waals surface area contributed by atoms with Crippen LogP contribution in [0, 0.1) is 0 Å². The van der Waals surface area contributed by atoms with Gasteiger partial charge in [0.15, 0.2) is 0 Å². The SMILES string of the molecule is C=CNC(=O)NN. The van der Waals surface area contributed by atoms with Crippen LogP contribution in [0.15, 0.2) is 12.8 Å². The number of nitrogens with one attached hydrogen (secondary N) is 2. The quantitative estimate of drug-likeness (QED) is 0.232. The molecule has 0 heterocycles.